The maximum atomic E-state index is 6.09. The van der Waals surface area contributed by atoms with Crippen molar-refractivity contribution in [1.82, 2.24) is 29.1 Å². The minimum absolute atomic E-state index is 0.591. The maximum Gasteiger partial charge on any atom is 0.195 e. The lowest BCUT2D eigenvalue weighted by Crippen LogP contribution is -2.09. The molecule has 0 aliphatic heterocycles. The number of imidazole rings is 2. The van der Waals surface area contributed by atoms with Crippen molar-refractivity contribution in [3.05, 3.63) is 59.9 Å². The van der Waals surface area contributed by atoms with E-state index in [4.69, 9.17) is 16.6 Å². The van der Waals surface area contributed by atoms with Crippen LogP contribution >= 0.6 is 11.6 Å². The van der Waals surface area contributed by atoms with Gasteiger partial charge in [-0.3, -0.25) is 0 Å². The van der Waals surface area contributed by atoms with E-state index in [0.29, 0.717) is 17.4 Å². The first kappa shape index (κ1) is 14.8. The molecule has 0 bridgehead atoms. The topological polar surface area (TPSA) is 61.4 Å². The van der Waals surface area contributed by atoms with Crippen molar-refractivity contribution in [2.45, 2.75) is 20.0 Å². The molecule has 3 aromatic heterocycles. The zero-order valence-electron chi connectivity index (χ0n) is 13.1. The number of halogens is 1. The predicted octanol–water partition coefficient (Wildman–Crippen LogP) is 3.41. The molecule has 0 aliphatic carbocycles. The summed E-state index contributed by atoms with van der Waals surface area (Å²) in [6.07, 6.45) is 7.09. The van der Waals surface area contributed by atoms with Gasteiger partial charge in [0.1, 0.15) is 5.82 Å². The molecule has 0 saturated carbocycles. The molecule has 0 atom stereocenters. The van der Waals surface area contributed by atoms with Gasteiger partial charge in [-0.25, -0.2) is 19.9 Å². The first-order chi connectivity index (χ1) is 11.8. The molecular weight excluding hydrogens is 324 g/mol. The summed E-state index contributed by atoms with van der Waals surface area (Å²) in [5.74, 6) is 2.28. The molecule has 0 fully saturated rings. The van der Waals surface area contributed by atoms with Crippen LogP contribution < -0.4 is 0 Å². The lowest BCUT2D eigenvalue weighted by molar-refractivity contribution is 0.665. The van der Waals surface area contributed by atoms with Gasteiger partial charge in [0.05, 0.1) is 17.6 Å². The molecule has 0 unspecified atom stereocenters. The third-order valence-corrected chi connectivity index (χ3v) is 4.13. The van der Waals surface area contributed by atoms with E-state index in [0.717, 1.165) is 29.2 Å². The summed E-state index contributed by atoms with van der Waals surface area (Å²) >= 11 is 6.09. The quantitative estimate of drug-likeness (QED) is 0.572. The highest BCUT2D eigenvalue weighted by molar-refractivity contribution is 6.31. The average Bonchev–Trinajstić information content (AvgIpc) is 3.19. The Bertz CT molecular complexity index is 989. The third kappa shape index (κ3) is 2.55. The molecule has 120 valence electrons. The van der Waals surface area contributed by atoms with E-state index < -0.39 is 0 Å². The molecule has 0 radical (unpaired) electrons. The summed E-state index contributed by atoms with van der Waals surface area (Å²) in [5.41, 5.74) is 1.98. The summed E-state index contributed by atoms with van der Waals surface area (Å²) in [4.78, 5) is 17.7. The van der Waals surface area contributed by atoms with E-state index in [2.05, 4.69) is 26.4 Å². The van der Waals surface area contributed by atoms with E-state index in [1.165, 1.54) is 0 Å². The number of aryl methyl sites for hydroxylation is 1. The van der Waals surface area contributed by atoms with Gasteiger partial charge in [0.15, 0.2) is 11.6 Å². The summed E-state index contributed by atoms with van der Waals surface area (Å²) in [5, 5.41) is 0.691. The monoisotopic (exact) mass is 338 g/mol. The Morgan fingerprint density at radius 3 is 2.71 bits per heavy atom. The van der Waals surface area contributed by atoms with Crippen molar-refractivity contribution in [2.24, 2.45) is 0 Å². The van der Waals surface area contributed by atoms with Crippen molar-refractivity contribution >= 4 is 22.6 Å². The lowest BCUT2D eigenvalue weighted by Gasteiger charge is -2.09. The lowest BCUT2D eigenvalue weighted by atomic mass is 10.3. The first-order valence-corrected chi connectivity index (χ1v) is 8.07. The Kier molecular flexibility index (Phi) is 3.74. The largest absolute Gasteiger partial charge is 0.327 e. The predicted molar refractivity (Wildman–Crippen MR) is 92.8 cm³/mol. The van der Waals surface area contributed by atoms with Crippen molar-refractivity contribution in [3.63, 3.8) is 0 Å². The van der Waals surface area contributed by atoms with Gasteiger partial charge in [-0.05, 0) is 31.2 Å². The molecule has 24 heavy (non-hydrogen) atoms. The van der Waals surface area contributed by atoms with Crippen LogP contribution in [-0.2, 0) is 13.1 Å². The molecular formula is C17H15ClN6. The number of hydrogen-bond donors (Lipinski definition) is 0. The highest BCUT2D eigenvalue weighted by atomic mass is 35.5. The molecule has 4 aromatic rings. The van der Waals surface area contributed by atoms with Gasteiger partial charge in [-0.15, -0.1) is 0 Å². The standard InChI is InChI=1S/C17H15ClN6/c1-2-24-14-5-4-12(18)10-13(14)22-15(24)11-23-9-8-21-17(23)16-19-6-3-7-20-16/h3-10H,2,11H2,1H3. The fourth-order valence-electron chi connectivity index (χ4n) is 2.84. The number of nitrogens with zero attached hydrogens (tertiary/aromatic N) is 6. The van der Waals surface area contributed by atoms with Crippen LogP contribution in [0.2, 0.25) is 5.02 Å². The molecule has 6 nitrogen and oxygen atoms in total. The van der Waals surface area contributed by atoms with E-state index >= 15 is 0 Å². The van der Waals surface area contributed by atoms with Crippen molar-refractivity contribution in [1.29, 1.82) is 0 Å². The Morgan fingerprint density at radius 2 is 1.92 bits per heavy atom. The number of fused-ring (bicyclic) bond motifs is 1. The molecule has 7 heteroatoms. The minimum Gasteiger partial charge on any atom is -0.327 e. The fourth-order valence-corrected chi connectivity index (χ4v) is 3.00. The first-order valence-electron chi connectivity index (χ1n) is 7.69. The molecule has 0 N–H and O–H groups in total. The summed E-state index contributed by atoms with van der Waals surface area (Å²) < 4.78 is 4.19. The summed E-state index contributed by atoms with van der Waals surface area (Å²) in [7, 11) is 0. The Labute approximate surface area is 143 Å². The molecule has 1 aromatic carbocycles. The van der Waals surface area contributed by atoms with Gasteiger partial charge in [-0.2, -0.15) is 0 Å². The second-order valence-corrected chi connectivity index (χ2v) is 5.79. The smallest absolute Gasteiger partial charge is 0.195 e. The van der Waals surface area contributed by atoms with Gasteiger partial charge >= 0.3 is 0 Å². The Morgan fingerprint density at radius 1 is 1.08 bits per heavy atom. The molecule has 3 heterocycles. The Balaban J connectivity index is 1.77. The SMILES string of the molecule is CCn1c(Cn2ccnc2-c2ncccn2)nc2cc(Cl)ccc21. The van der Waals surface area contributed by atoms with Crippen LogP contribution in [0.4, 0.5) is 0 Å². The Hall–Kier alpha value is -2.73. The number of rotatable bonds is 4. The van der Waals surface area contributed by atoms with Crippen LogP contribution in [-0.4, -0.2) is 29.1 Å². The molecule has 0 spiro atoms. The van der Waals surface area contributed by atoms with E-state index in [1.807, 2.05) is 29.0 Å². The van der Waals surface area contributed by atoms with Crippen molar-refractivity contribution < 1.29 is 0 Å². The van der Waals surface area contributed by atoms with Crippen LogP contribution in [0.5, 0.6) is 0 Å². The summed E-state index contributed by atoms with van der Waals surface area (Å²) in [6, 6.07) is 7.58. The van der Waals surface area contributed by atoms with Crippen LogP contribution in [0.3, 0.4) is 0 Å². The van der Waals surface area contributed by atoms with Crippen LogP contribution in [0.25, 0.3) is 22.7 Å². The van der Waals surface area contributed by atoms with Gasteiger partial charge in [0.2, 0.25) is 0 Å². The molecule has 0 saturated heterocycles. The minimum atomic E-state index is 0.591. The third-order valence-electron chi connectivity index (χ3n) is 3.90. The van der Waals surface area contributed by atoms with Crippen LogP contribution in [0.1, 0.15) is 12.7 Å². The van der Waals surface area contributed by atoms with Gasteiger partial charge < -0.3 is 9.13 Å². The fraction of sp³-hybridized carbons (Fsp3) is 0.176. The van der Waals surface area contributed by atoms with E-state index in [9.17, 15) is 0 Å². The van der Waals surface area contributed by atoms with Gasteiger partial charge in [-0.1, -0.05) is 11.6 Å². The number of hydrogen-bond acceptors (Lipinski definition) is 4. The zero-order chi connectivity index (χ0) is 16.5. The normalized spacial score (nSPS) is 11.2. The second kappa shape index (κ2) is 6.05. The summed E-state index contributed by atoms with van der Waals surface area (Å²) in [6.45, 7) is 3.53. The van der Waals surface area contributed by atoms with Gasteiger partial charge in [0, 0.05) is 36.4 Å². The van der Waals surface area contributed by atoms with Crippen molar-refractivity contribution in [2.75, 3.05) is 0 Å². The zero-order valence-corrected chi connectivity index (χ0v) is 13.9. The molecule has 0 aliphatic rings. The average molecular weight is 339 g/mol. The van der Waals surface area contributed by atoms with Crippen LogP contribution in [0, 0.1) is 0 Å². The number of benzene rings is 1. The van der Waals surface area contributed by atoms with E-state index in [1.54, 1.807) is 24.7 Å². The van der Waals surface area contributed by atoms with Crippen molar-refractivity contribution in [3.8, 4) is 11.6 Å². The highest BCUT2D eigenvalue weighted by Gasteiger charge is 2.14. The van der Waals surface area contributed by atoms with Crippen LogP contribution in [0.15, 0.2) is 49.1 Å². The molecule has 0 amide bonds. The van der Waals surface area contributed by atoms with Gasteiger partial charge in [0.25, 0.3) is 0 Å². The highest BCUT2D eigenvalue weighted by Crippen LogP contribution is 2.22. The maximum absolute atomic E-state index is 6.09. The second-order valence-electron chi connectivity index (χ2n) is 5.36. The number of aromatic nitrogens is 6. The van der Waals surface area contributed by atoms with E-state index in [-0.39, 0.29) is 0 Å². The molecule has 4 rings (SSSR count).